The molecule has 0 heterocycles. The summed E-state index contributed by atoms with van der Waals surface area (Å²) in [5.74, 6) is 0. The van der Waals surface area contributed by atoms with Crippen molar-refractivity contribution in [3.63, 3.8) is 0 Å². The lowest BCUT2D eigenvalue weighted by atomic mass is 10.2. The molecule has 0 aliphatic heterocycles. The van der Waals surface area contributed by atoms with Crippen molar-refractivity contribution in [2.45, 2.75) is 0 Å². The Labute approximate surface area is 63.5 Å². The molecule has 1 aromatic rings. The third-order valence-electron chi connectivity index (χ3n) is 1.33. The van der Waals surface area contributed by atoms with Crippen LogP contribution in [0.3, 0.4) is 0 Å². The number of nitrogens with one attached hydrogen (secondary N) is 1. The van der Waals surface area contributed by atoms with E-state index in [4.69, 9.17) is 11.1 Å². The molecule has 1 rings (SSSR count). The van der Waals surface area contributed by atoms with Gasteiger partial charge in [0.1, 0.15) is 5.69 Å². The Hall–Kier alpha value is -1.71. The van der Waals surface area contributed by atoms with Gasteiger partial charge in [-0.05, 0) is 23.4 Å². The lowest BCUT2D eigenvalue weighted by Gasteiger charge is -1.97. The quantitative estimate of drug-likeness (QED) is 0.381. The van der Waals surface area contributed by atoms with Crippen molar-refractivity contribution in [1.29, 1.82) is 5.41 Å². The zero-order chi connectivity index (χ0) is 8.27. The molecule has 0 aliphatic rings. The lowest BCUT2D eigenvalue weighted by Crippen LogP contribution is -1.90. The predicted molar refractivity (Wildman–Crippen MR) is 44.2 cm³/mol. The fourth-order valence-electron chi connectivity index (χ4n) is 0.744. The molecule has 0 saturated heterocycles. The normalized spacial score (nSPS) is 9.09. The highest BCUT2D eigenvalue weighted by Crippen LogP contribution is 2.17. The number of hydrogen-bond acceptors (Lipinski definition) is 4. The van der Waals surface area contributed by atoms with E-state index >= 15 is 0 Å². The molecular weight excluding hydrogens is 142 g/mol. The maximum absolute atomic E-state index is 10.0. The largest absolute Gasteiger partial charge is 0.398 e. The minimum absolute atomic E-state index is 0.290. The van der Waals surface area contributed by atoms with E-state index in [0.29, 0.717) is 11.3 Å². The maximum Gasteiger partial charge on any atom is 0.108 e. The van der Waals surface area contributed by atoms with Gasteiger partial charge in [0.05, 0.1) is 0 Å². The van der Waals surface area contributed by atoms with Gasteiger partial charge in [0.2, 0.25) is 0 Å². The number of benzene rings is 1. The minimum Gasteiger partial charge on any atom is -0.398 e. The number of nitrogen functional groups attached to an aromatic ring is 1. The van der Waals surface area contributed by atoms with Gasteiger partial charge < -0.3 is 11.1 Å². The van der Waals surface area contributed by atoms with Gasteiger partial charge in [-0.2, -0.15) is 0 Å². The lowest BCUT2D eigenvalue weighted by molar-refractivity contribution is 1.47. The van der Waals surface area contributed by atoms with Crippen molar-refractivity contribution in [3.8, 4) is 0 Å². The van der Waals surface area contributed by atoms with Crippen molar-refractivity contribution in [2.75, 3.05) is 5.73 Å². The number of hydrogen-bond donors (Lipinski definition) is 2. The van der Waals surface area contributed by atoms with E-state index < -0.39 is 0 Å². The molecule has 0 fully saturated rings. The monoisotopic (exact) mass is 149 g/mol. The topological polar surface area (TPSA) is 79.3 Å². The third kappa shape index (κ3) is 1.40. The summed E-state index contributed by atoms with van der Waals surface area (Å²) in [6, 6.07) is 4.53. The molecule has 0 atom stereocenters. The van der Waals surface area contributed by atoms with E-state index in [1.807, 2.05) is 0 Å². The van der Waals surface area contributed by atoms with Gasteiger partial charge >= 0.3 is 0 Å². The van der Waals surface area contributed by atoms with Gasteiger partial charge in [-0.3, -0.25) is 0 Å². The fourth-order valence-corrected chi connectivity index (χ4v) is 0.744. The highest BCUT2D eigenvalue weighted by molar-refractivity contribution is 5.86. The summed E-state index contributed by atoms with van der Waals surface area (Å²) in [5.41, 5.74) is 6.74. The van der Waals surface area contributed by atoms with Crippen LogP contribution in [0.1, 0.15) is 5.56 Å². The number of anilines is 1. The SMILES string of the molecule is N=Cc1cc(N=O)ccc1N. The second-order valence-electron chi connectivity index (χ2n) is 2.05. The van der Waals surface area contributed by atoms with Crippen LogP contribution in [-0.4, -0.2) is 6.21 Å². The second-order valence-corrected chi connectivity index (χ2v) is 2.05. The minimum atomic E-state index is 0.290. The van der Waals surface area contributed by atoms with Crippen LogP contribution in [0.4, 0.5) is 11.4 Å². The maximum atomic E-state index is 10.0. The summed E-state index contributed by atoms with van der Waals surface area (Å²) in [6.07, 6.45) is 1.09. The molecule has 0 aliphatic carbocycles. The molecule has 56 valence electrons. The summed E-state index contributed by atoms with van der Waals surface area (Å²) in [7, 11) is 0. The van der Waals surface area contributed by atoms with E-state index in [9.17, 15) is 4.91 Å². The molecular formula is C7H7N3O. The zero-order valence-corrected chi connectivity index (χ0v) is 5.74. The zero-order valence-electron chi connectivity index (χ0n) is 5.74. The van der Waals surface area contributed by atoms with Crippen LogP contribution in [0.15, 0.2) is 23.4 Å². The summed E-state index contributed by atoms with van der Waals surface area (Å²) >= 11 is 0. The van der Waals surface area contributed by atoms with Crippen LogP contribution in [0.5, 0.6) is 0 Å². The second kappa shape index (κ2) is 2.92. The average Bonchev–Trinajstić information content (AvgIpc) is 2.05. The Morgan fingerprint density at radius 3 is 2.82 bits per heavy atom. The van der Waals surface area contributed by atoms with Gasteiger partial charge in [0.25, 0.3) is 0 Å². The Kier molecular flexibility index (Phi) is 1.96. The summed E-state index contributed by atoms with van der Waals surface area (Å²) in [4.78, 5) is 10.0. The molecule has 0 aromatic heterocycles. The molecule has 0 amide bonds. The molecule has 0 unspecified atom stereocenters. The van der Waals surface area contributed by atoms with Gasteiger partial charge in [-0.15, -0.1) is 4.91 Å². The molecule has 1 aromatic carbocycles. The fraction of sp³-hybridized carbons (Fsp3) is 0. The van der Waals surface area contributed by atoms with Gasteiger partial charge in [-0.1, -0.05) is 0 Å². The number of nitrogens with two attached hydrogens (primary N) is 1. The van der Waals surface area contributed by atoms with Crippen molar-refractivity contribution < 1.29 is 0 Å². The molecule has 11 heavy (non-hydrogen) atoms. The molecule has 0 bridgehead atoms. The van der Waals surface area contributed by atoms with Gasteiger partial charge in [0, 0.05) is 17.5 Å². The van der Waals surface area contributed by atoms with E-state index in [2.05, 4.69) is 5.18 Å². The predicted octanol–water partition coefficient (Wildman–Crippen LogP) is 1.66. The van der Waals surface area contributed by atoms with Crippen molar-refractivity contribution in [1.82, 2.24) is 0 Å². The smallest absolute Gasteiger partial charge is 0.108 e. The van der Waals surface area contributed by atoms with E-state index in [1.165, 1.54) is 12.1 Å². The van der Waals surface area contributed by atoms with Crippen LogP contribution in [0.25, 0.3) is 0 Å². The molecule has 0 spiro atoms. The van der Waals surface area contributed by atoms with Crippen molar-refractivity contribution in [2.24, 2.45) is 5.18 Å². The molecule has 0 radical (unpaired) electrons. The average molecular weight is 149 g/mol. The summed E-state index contributed by atoms with van der Waals surface area (Å²) in [6.45, 7) is 0. The standard InChI is InChI=1S/C7H7N3O/c8-4-5-3-6(10-11)1-2-7(5)9/h1-4,8H,9H2. The van der Waals surface area contributed by atoms with Crippen LogP contribution in [0.2, 0.25) is 0 Å². The van der Waals surface area contributed by atoms with Gasteiger partial charge in [-0.25, -0.2) is 0 Å². The van der Waals surface area contributed by atoms with E-state index in [-0.39, 0.29) is 5.69 Å². The number of rotatable bonds is 2. The molecule has 3 N–H and O–H groups in total. The first-order valence-corrected chi connectivity index (χ1v) is 3.01. The van der Waals surface area contributed by atoms with Gasteiger partial charge in [0.15, 0.2) is 0 Å². The first kappa shape index (κ1) is 7.40. The number of nitrogens with zero attached hydrogens (tertiary/aromatic N) is 1. The first-order chi connectivity index (χ1) is 5.27. The Balaban J connectivity index is 3.22. The van der Waals surface area contributed by atoms with Crippen LogP contribution < -0.4 is 5.73 Å². The van der Waals surface area contributed by atoms with E-state index in [0.717, 1.165) is 6.21 Å². The van der Waals surface area contributed by atoms with Crippen LogP contribution >= 0.6 is 0 Å². The molecule has 4 nitrogen and oxygen atoms in total. The van der Waals surface area contributed by atoms with E-state index in [1.54, 1.807) is 6.07 Å². The Bertz CT molecular complexity index is 296. The summed E-state index contributed by atoms with van der Waals surface area (Å²) < 4.78 is 0. The number of nitroso groups, excluding NO2 is 1. The highest BCUT2D eigenvalue weighted by Gasteiger charge is 1.96. The molecule has 4 heteroatoms. The molecule has 0 saturated carbocycles. The highest BCUT2D eigenvalue weighted by atomic mass is 16.3. The van der Waals surface area contributed by atoms with Crippen LogP contribution in [-0.2, 0) is 0 Å². The van der Waals surface area contributed by atoms with Crippen LogP contribution in [0, 0.1) is 10.3 Å². The Morgan fingerprint density at radius 1 is 1.55 bits per heavy atom. The Morgan fingerprint density at radius 2 is 2.27 bits per heavy atom. The van der Waals surface area contributed by atoms with Crippen molar-refractivity contribution >= 4 is 17.6 Å². The first-order valence-electron chi connectivity index (χ1n) is 3.01. The third-order valence-corrected chi connectivity index (χ3v) is 1.33. The summed E-state index contributed by atoms with van der Waals surface area (Å²) in [5, 5.41) is 9.62. The van der Waals surface area contributed by atoms with Crippen molar-refractivity contribution in [3.05, 3.63) is 28.7 Å².